The third kappa shape index (κ3) is 3.22. The van der Waals surface area contributed by atoms with E-state index in [0.29, 0.717) is 13.0 Å². The molecular weight excluding hydrogens is 332 g/mol. The first kappa shape index (κ1) is 16.8. The maximum Gasteiger partial charge on any atom is 0.326 e. The molecule has 2 N–H and O–H groups in total. The van der Waals surface area contributed by atoms with Gasteiger partial charge in [-0.3, -0.25) is 9.69 Å². The molecule has 0 spiro atoms. The van der Waals surface area contributed by atoms with Crippen molar-refractivity contribution in [1.82, 2.24) is 19.8 Å². The maximum absolute atomic E-state index is 12.6. The smallest absolute Gasteiger partial charge is 0.326 e. The fourth-order valence-electron chi connectivity index (χ4n) is 3.88. The monoisotopic (exact) mass is 354 g/mol. The number of nitrogens with one attached hydrogen (secondary N) is 1. The van der Waals surface area contributed by atoms with Crippen molar-refractivity contribution < 1.29 is 14.7 Å². The average molecular weight is 354 g/mol. The van der Waals surface area contributed by atoms with Crippen molar-refractivity contribution in [1.29, 1.82) is 0 Å². The van der Waals surface area contributed by atoms with E-state index in [2.05, 4.69) is 39.1 Å². The molecule has 7 heteroatoms. The van der Waals surface area contributed by atoms with Gasteiger partial charge in [0.05, 0.1) is 24.3 Å². The highest BCUT2D eigenvalue weighted by molar-refractivity contribution is 5.84. The summed E-state index contributed by atoms with van der Waals surface area (Å²) >= 11 is 0. The largest absolute Gasteiger partial charge is 0.480 e. The second kappa shape index (κ2) is 6.92. The fraction of sp³-hybridized carbons (Fsp3) is 0.421. The van der Waals surface area contributed by atoms with E-state index in [4.69, 9.17) is 0 Å². The van der Waals surface area contributed by atoms with Gasteiger partial charge in [0.15, 0.2) is 0 Å². The number of carbonyl (C=O) groups is 2. The number of aliphatic carboxylic acids is 1. The summed E-state index contributed by atoms with van der Waals surface area (Å²) in [5, 5.41) is 9.48. The third-order valence-corrected chi connectivity index (χ3v) is 5.28. The highest BCUT2D eigenvalue weighted by atomic mass is 16.4. The van der Waals surface area contributed by atoms with Gasteiger partial charge in [-0.15, -0.1) is 0 Å². The molecule has 1 atom stereocenters. The molecule has 1 aromatic heterocycles. The molecular formula is C19H22N4O3. The van der Waals surface area contributed by atoms with Crippen molar-refractivity contribution in [2.24, 2.45) is 0 Å². The lowest BCUT2D eigenvalue weighted by atomic mass is 10.0. The van der Waals surface area contributed by atoms with Crippen LogP contribution in [0.3, 0.4) is 0 Å². The SMILES string of the molecule is O=C(O)[C@@H]1Cc2nc[nH]c2CN1C(=O)CCCN1Cc2ccccc2C1. The Morgan fingerprint density at radius 1 is 1.19 bits per heavy atom. The number of carbonyl (C=O) groups excluding carboxylic acids is 1. The lowest BCUT2D eigenvalue weighted by Crippen LogP contribution is -2.48. The number of aromatic amines is 1. The number of carboxylic acids is 1. The molecule has 26 heavy (non-hydrogen) atoms. The lowest BCUT2D eigenvalue weighted by Gasteiger charge is -2.32. The number of aromatic nitrogens is 2. The van der Waals surface area contributed by atoms with E-state index >= 15 is 0 Å². The van der Waals surface area contributed by atoms with Crippen molar-refractivity contribution >= 4 is 11.9 Å². The average Bonchev–Trinajstić information content (AvgIpc) is 3.25. The van der Waals surface area contributed by atoms with Crippen LogP contribution in [0.2, 0.25) is 0 Å². The van der Waals surface area contributed by atoms with E-state index in [1.165, 1.54) is 16.0 Å². The van der Waals surface area contributed by atoms with E-state index in [-0.39, 0.29) is 12.3 Å². The molecule has 7 nitrogen and oxygen atoms in total. The lowest BCUT2D eigenvalue weighted by molar-refractivity contribution is -0.151. The van der Waals surface area contributed by atoms with Crippen LogP contribution in [0.5, 0.6) is 0 Å². The topological polar surface area (TPSA) is 89.5 Å². The number of benzene rings is 1. The van der Waals surface area contributed by atoms with E-state index < -0.39 is 12.0 Å². The second-order valence-electron chi connectivity index (χ2n) is 6.99. The van der Waals surface area contributed by atoms with Crippen LogP contribution in [-0.2, 0) is 35.6 Å². The maximum atomic E-state index is 12.6. The van der Waals surface area contributed by atoms with E-state index in [1.54, 1.807) is 6.33 Å². The van der Waals surface area contributed by atoms with Gasteiger partial charge >= 0.3 is 5.97 Å². The first-order chi connectivity index (χ1) is 12.6. The van der Waals surface area contributed by atoms with Gasteiger partial charge in [0.1, 0.15) is 6.04 Å². The van der Waals surface area contributed by atoms with Crippen LogP contribution in [0.4, 0.5) is 0 Å². The predicted molar refractivity (Wildman–Crippen MR) is 94.1 cm³/mol. The molecule has 0 unspecified atom stereocenters. The molecule has 2 aliphatic rings. The number of rotatable bonds is 5. The Bertz CT molecular complexity index is 807. The number of hydrogen-bond acceptors (Lipinski definition) is 4. The van der Waals surface area contributed by atoms with Gasteiger partial charge in [0.25, 0.3) is 0 Å². The molecule has 136 valence electrons. The number of amides is 1. The Balaban J connectivity index is 1.32. The van der Waals surface area contributed by atoms with Gasteiger partial charge in [0, 0.05) is 25.9 Å². The Labute approximate surface area is 151 Å². The second-order valence-corrected chi connectivity index (χ2v) is 6.99. The summed E-state index contributed by atoms with van der Waals surface area (Å²) in [4.78, 5) is 35.2. The van der Waals surface area contributed by atoms with Crippen LogP contribution < -0.4 is 0 Å². The Morgan fingerprint density at radius 3 is 2.62 bits per heavy atom. The first-order valence-electron chi connectivity index (χ1n) is 8.94. The Kier molecular flexibility index (Phi) is 4.46. The van der Waals surface area contributed by atoms with Crippen LogP contribution in [0.15, 0.2) is 30.6 Å². The van der Waals surface area contributed by atoms with Crippen LogP contribution in [0, 0.1) is 0 Å². The number of carboxylic acid groups (broad SMARTS) is 1. The minimum atomic E-state index is -0.970. The molecule has 0 aliphatic carbocycles. The summed E-state index contributed by atoms with van der Waals surface area (Å²) in [6.45, 7) is 2.97. The molecule has 0 bridgehead atoms. The molecule has 2 aliphatic heterocycles. The van der Waals surface area contributed by atoms with E-state index in [0.717, 1.165) is 37.4 Å². The third-order valence-electron chi connectivity index (χ3n) is 5.28. The van der Waals surface area contributed by atoms with Crippen LogP contribution >= 0.6 is 0 Å². The van der Waals surface area contributed by atoms with Crippen molar-refractivity contribution in [3.8, 4) is 0 Å². The van der Waals surface area contributed by atoms with Crippen LogP contribution in [0.25, 0.3) is 0 Å². The standard InChI is InChI=1S/C19H22N4O3/c24-18(6-3-7-22-9-13-4-1-2-5-14(13)10-22)23-11-16-15(20-12-21-16)8-17(23)19(25)26/h1-2,4-5,12,17H,3,6-11H2,(H,20,21)(H,25,26)/t17-/m0/s1. The van der Waals surface area contributed by atoms with Crippen LogP contribution in [0.1, 0.15) is 35.4 Å². The van der Waals surface area contributed by atoms with Gasteiger partial charge in [-0.2, -0.15) is 0 Å². The molecule has 1 amide bonds. The zero-order valence-electron chi connectivity index (χ0n) is 14.5. The molecule has 0 saturated carbocycles. The quantitative estimate of drug-likeness (QED) is 0.850. The number of H-pyrrole nitrogens is 1. The van der Waals surface area contributed by atoms with Gasteiger partial charge in [0.2, 0.25) is 5.91 Å². The minimum Gasteiger partial charge on any atom is -0.480 e. The van der Waals surface area contributed by atoms with Crippen molar-refractivity contribution in [2.75, 3.05) is 6.54 Å². The van der Waals surface area contributed by atoms with Gasteiger partial charge < -0.3 is 15.0 Å². The summed E-state index contributed by atoms with van der Waals surface area (Å²) in [6, 6.07) is 7.58. The van der Waals surface area contributed by atoms with Gasteiger partial charge in [-0.25, -0.2) is 9.78 Å². The molecule has 4 rings (SSSR count). The number of nitrogens with zero attached hydrogens (tertiary/aromatic N) is 3. The highest BCUT2D eigenvalue weighted by Gasteiger charge is 2.35. The minimum absolute atomic E-state index is 0.102. The molecule has 0 saturated heterocycles. The molecule has 3 heterocycles. The highest BCUT2D eigenvalue weighted by Crippen LogP contribution is 2.24. The number of imidazole rings is 1. The zero-order chi connectivity index (χ0) is 18.1. The Morgan fingerprint density at radius 2 is 1.92 bits per heavy atom. The summed E-state index contributed by atoms with van der Waals surface area (Å²) in [5.74, 6) is -1.07. The molecule has 2 aromatic rings. The van der Waals surface area contributed by atoms with Gasteiger partial charge in [-0.1, -0.05) is 24.3 Å². The zero-order valence-corrected chi connectivity index (χ0v) is 14.5. The predicted octanol–water partition coefficient (Wildman–Crippen LogP) is 1.54. The Hall–Kier alpha value is -2.67. The molecule has 1 aromatic carbocycles. The van der Waals surface area contributed by atoms with Crippen molar-refractivity contribution in [2.45, 2.75) is 44.9 Å². The summed E-state index contributed by atoms with van der Waals surface area (Å²) in [5.41, 5.74) is 4.29. The number of hydrogen-bond donors (Lipinski definition) is 2. The fourth-order valence-corrected chi connectivity index (χ4v) is 3.88. The van der Waals surface area contributed by atoms with E-state index in [9.17, 15) is 14.7 Å². The number of fused-ring (bicyclic) bond motifs is 2. The summed E-state index contributed by atoms with van der Waals surface area (Å²) in [7, 11) is 0. The van der Waals surface area contributed by atoms with Crippen molar-refractivity contribution in [3.63, 3.8) is 0 Å². The molecule has 0 fully saturated rings. The van der Waals surface area contributed by atoms with E-state index in [1.807, 2.05) is 0 Å². The normalized spacial score (nSPS) is 19.2. The van der Waals surface area contributed by atoms with Gasteiger partial charge in [-0.05, 0) is 24.1 Å². The molecule has 0 radical (unpaired) electrons. The summed E-state index contributed by atoms with van der Waals surface area (Å²) < 4.78 is 0. The van der Waals surface area contributed by atoms with Crippen molar-refractivity contribution in [3.05, 3.63) is 53.1 Å². The summed E-state index contributed by atoms with van der Waals surface area (Å²) in [6.07, 6.45) is 2.91. The first-order valence-corrected chi connectivity index (χ1v) is 8.94. The van der Waals surface area contributed by atoms with Crippen LogP contribution in [-0.4, -0.2) is 49.3 Å².